The van der Waals surface area contributed by atoms with E-state index < -0.39 is 48.3 Å². The van der Waals surface area contributed by atoms with Gasteiger partial charge in [0.25, 0.3) is 0 Å². The van der Waals surface area contributed by atoms with Gasteiger partial charge in [-0.25, -0.2) is 14.4 Å². The maximum Gasteiger partial charge on any atom is 0.338 e. The molecule has 3 aromatic carbocycles. The Kier molecular flexibility index (Phi) is 11.4. The number of carbonyl (C=O) groups excluding carboxylic acids is 4. The number of hydrogen-bond donors (Lipinski definition) is 1. The van der Waals surface area contributed by atoms with Gasteiger partial charge in [0.1, 0.15) is 62.7 Å². The molecule has 4 atom stereocenters. The van der Waals surface area contributed by atoms with Crippen molar-refractivity contribution < 1.29 is 66.9 Å². The van der Waals surface area contributed by atoms with Crippen molar-refractivity contribution >= 4 is 30.0 Å². The van der Waals surface area contributed by atoms with Gasteiger partial charge < -0.3 is 47.7 Å². The number of aromatic hydroxyl groups is 1. The van der Waals surface area contributed by atoms with Crippen molar-refractivity contribution in [1.82, 2.24) is 0 Å². The summed E-state index contributed by atoms with van der Waals surface area (Å²) in [4.78, 5) is 48.7. The lowest BCUT2D eigenvalue weighted by Gasteiger charge is -2.43. The minimum Gasteiger partial charge on any atom is -0.504 e. The highest BCUT2D eigenvalue weighted by atomic mass is 16.8. The Balaban J connectivity index is 1.09. The fourth-order valence-corrected chi connectivity index (χ4v) is 4.79. The van der Waals surface area contributed by atoms with E-state index in [1.54, 1.807) is 12.1 Å². The highest BCUT2D eigenvalue weighted by Gasteiger charge is 2.45. The smallest absolute Gasteiger partial charge is 0.338 e. The number of methoxy groups -OCH3 is 1. The lowest BCUT2D eigenvalue weighted by Crippen LogP contribution is -2.59. The van der Waals surface area contributed by atoms with Crippen LogP contribution in [0.5, 0.6) is 23.0 Å². The predicted molar refractivity (Wildman–Crippen MR) is 163 cm³/mol. The summed E-state index contributed by atoms with van der Waals surface area (Å²) in [5.74, 6) is -1.63. The van der Waals surface area contributed by atoms with Crippen molar-refractivity contribution in [1.29, 1.82) is 0 Å². The first-order valence-corrected chi connectivity index (χ1v) is 14.7. The quantitative estimate of drug-likeness (QED) is 0.180. The fourth-order valence-electron chi connectivity index (χ4n) is 4.79. The monoisotopic (exact) mass is 664 g/mol. The molecule has 2 saturated heterocycles. The largest absolute Gasteiger partial charge is 0.504 e. The molecule has 0 aromatic heterocycles. The van der Waals surface area contributed by atoms with Crippen molar-refractivity contribution in [2.45, 2.75) is 31.3 Å². The van der Waals surface area contributed by atoms with Crippen molar-refractivity contribution in [3.8, 4) is 23.0 Å². The van der Waals surface area contributed by atoms with Gasteiger partial charge in [-0.15, -0.1) is 0 Å². The zero-order valence-corrected chi connectivity index (χ0v) is 25.9. The van der Waals surface area contributed by atoms with Crippen LogP contribution >= 0.6 is 0 Å². The van der Waals surface area contributed by atoms with Crippen LogP contribution in [0.2, 0.25) is 0 Å². The van der Waals surface area contributed by atoms with Crippen LogP contribution in [0.3, 0.4) is 0 Å². The minimum atomic E-state index is -0.691. The SMILES string of the molecule is COc1cc(/C=C/C(=O)Oc2ccc(C(=O)OCC3OCOC4C(COC(=O)c5ccc(OC(C)=O)cc5)OCOC34)cc2)ccc1O. The van der Waals surface area contributed by atoms with Gasteiger partial charge in [0, 0.05) is 13.0 Å². The number of esters is 4. The van der Waals surface area contributed by atoms with E-state index in [1.807, 2.05) is 0 Å². The molecule has 0 bridgehead atoms. The van der Waals surface area contributed by atoms with Gasteiger partial charge in [-0.2, -0.15) is 0 Å². The molecule has 5 rings (SSSR count). The summed E-state index contributed by atoms with van der Waals surface area (Å²) in [7, 11) is 1.42. The van der Waals surface area contributed by atoms with Gasteiger partial charge in [-0.1, -0.05) is 6.07 Å². The molecule has 3 aromatic rings. The van der Waals surface area contributed by atoms with E-state index in [-0.39, 0.29) is 55.2 Å². The summed E-state index contributed by atoms with van der Waals surface area (Å²) >= 11 is 0. The first-order valence-electron chi connectivity index (χ1n) is 14.7. The van der Waals surface area contributed by atoms with E-state index in [2.05, 4.69) is 0 Å². The molecule has 4 unspecified atom stereocenters. The Morgan fingerprint density at radius 2 is 1.27 bits per heavy atom. The van der Waals surface area contributed by atoms with Crippen LogP contribution in [0.1, 0.15) is 33.2 Å². The lowest BCUT2D eigenvalue weighted by molar-refractivity contribution is -0.328. The third kappa shape index (κ3) is 8.95. The number of phenolic OH excluding ortho intramolecular Hbond substituents is 1. The maximum atomic E-state index is 12.8. The number of carbonyl (C=O) groups is 4. The van der Waals surface area contributed by atoms with Crippen LogP contribution in [0.4, 0.5) is 0 Å². The van der Waals surface area contributed by atoms with E-state index in [9.17, 15) is 24.3 Å². The normalized spacial score (nSPS) is 20.3. The van der Waals surface area contributed by atoms with Crippen LogP contribution in [-0.2, 0) is 38.0 Å². The number of benzene rings is 3. The van der Waals surface area contributed by atoms with Crippen LogP contribution in [0.15, 0.2) is 72.8 Å². The second kappa shape index (κ2) is 16.0. The average Bonchev–Trinajstić information content (AvgIpc) is 3.09. The molecule has 14 heteroatoms. The second-order valence-corrected chi connectivity index (χ2v) is 10.4. The van der Waals surface area contributed by atoms with Gasteiger partial charge in [0.05, 0.1) is 18.2 Å². The molecule has 2 heterocycles. The molecule has 0 radical (unpaired) electrons. The molecule has 1 N–H and O–H groups in total. The molecule has 0 amide bonds. The standard InChI is InChI=1S/C34H32O14/c1-20(35)47-24-9-5-22(6-10-24)33(38)41-16-28-31-32(46-18-43-28)29(44-19-45-31)17-42-34(39)23-7-11-25(12-8-23)48-30(37)14-4-21-3-13-26(36)27(15-21)40-2/h3-15,28-29,31-32,36H,16-19H2,1-2H3/b14-4+. The molecule has 48 heavy (non-hydrogen) atoms. The third-order valence-electron chi connectivity index (χ3n) is 7.17. The van der Waals surface area contributed by atoms with Crippen molar-refractivity contribution in [3.05, 3.63) is 89.5 Å². The molecule has 14 nitrogen and oxygen atoms in total. The number of ether oxygens (including phenoxy) is 9. The lowest BCUT2D eigenvalue weighted by atomic mass is 10.0. The Hall–Kier alpha value is -5.28. The van der Waals surface area contributed by atoms with Crippen LogP contribution in [0, 0.1) is 0 Å². The zero-order chi connectivity index (χ0) is 34.0. The molecule has 2 fully saturated rings. The maximum absolute atomic E-state index is 12.8. The molecule has 2 aliphatic heterocycles. The predicted octanol–water partition coefficient (Wildman–Crippen LogP) is 3.44. The minimum absolute atomic E-state index is 0.0228. The van der Waals surface area contributed by atoms with Crippen LogP contribution < -0.4 is 14.2 Å². The highest BCUT2D eigenvalue weighted by Crippen LogP contribution is 2.28. The Labute approximate surface area is 274 Å². The van der Waals surface area contributed by atoms with E-state index in [0.717, 1.165) is 0 Å². The number of hydrogen-bond acceptors (Lipinski definition) is 14. The second-order valence-electron chi connectivity index (χ2n) is 10.4. The molecule has 2 aliphatic rings. The summed E-state index contributed by atoms with van der Waals surface area (Å²) in [6.45, 7) is 0.717. The van der Waals surface area contributed by atoms with Gasteiger partial charge in [0.15, 0.2) is 11.5 Å². The molecule has 0 aliphatic carbocycles. The van der Waals surface area contributed by atoms with Crippen molar-refractivity contribution in [3.63, 3.8) is 0 Å². The topological polar surface area (TPSA) is 172 Å². The first kappa shape index (κ1) is 34.1. The van der Waals surface area contributed by atoms with Gasteiger partial charge >= 0.3 is 23.9 Å². The number of phenols is 1. The molecule has 0 saturated carbocycles. The van der Waals surface area contributed by atoms with E-state index in [4.69, 9.17) is 42.6 Å². The summed E-state index contributed by atoms with van der Waals surface area (Å²) in [6.07, 6.45) is 0.00658. The zero-order valence-electron chi connectivity index (χ0n) is 25.9. The summed E-state index contributed by atoms with van der Waals surface area (Å²) in [5, 5.41) is 9.69. The van der Waals surface area contributed by atoms with E-state index in [1.165, 1.54) is 80.8 Å². The van der Waals surface area contributed by atoms with E-state index in [0.29, 0.717) is 11.3 Å². The number of fused-ring (bicyclic) bond motifs is 1. The fraction of sp³-hybridized carbons (Fsp3) is 0.294. The molecule has 252 valence electrons. The summed E-state index contributed by atoms with van der Waals surface area (Å²) < 4.78 is 48.9. The van der Waals surface area contributed by atoms with Gasteiger partial charge in [-0.3, -0.25) is 4.79 Å². The van der Waals surface area contributed by atoms with Crippen molar-refractivity contribution in [2.75, 3.05) is 33.9 Å². The van der Waals surface area contributed by atoms with Gasteiger partial charge in [-0.05, 0) is 72.3 Å². The van der Waals surface area contributed by atoms with Crippen LogP contribution in [-0.4, -0.2) is 87.3 Å². The third-order valence-corrected chi connectivity index (χ3v) is 7.17. The Morgan fingerprint density at radius 3 is 1.77 bits per heavy atom. The first-order chi connectivity index (χ1) is 23.2. The number of rotatable bonds is 11. The summed E-state index contributed by atoms with van der Waals surface area (Å²) in [6, 6.07) is 16.3. The molecule has 0 spiro atoms. The van der Waals surface area contributed by atoms with E-state index >= 15 is 0 Å². The van der Waals surface area contributed by atoms with Crippen molar-refractivity contribution in [2.24, 2.45) is 0 Å². The molecular formula is C34H32O14. The van der Waals surface area contributed by atoms with Gasteiger partial charge in [0.2, 0.25) is 0 Å². The average molecular weight is 665 g/mol. The highest BCUT2D eigenvalue weighted by molar-refractivity contribution is 5.91. The Morgan fingerprint density at radius 1 is 0.750 bits per heavy atom. The molecular weight excluding hydrogens is 632 g/mol. The Bertz CT molecular complexity index is 1630. The van der Waals surface area contributed by atoms with Crippen LogP contribution in [0.25, 0.3) is 6.08 Å². The summed E-state index contributed by atoms with van der Waals surface area (Å²) in [5.41, 5.74) is 1.08.